The number of hydrogen-bond donors (Lipinski definition) is 2. The van der Waals surface area contributed by atoms with Gasteiger partial charge in [0.25, 0.3) is 0 Å². The number of carbonyl (C=O) groups excluding carboxylic acids is 2. The van der Waals surface area contributed by atoms with Gasteiger partial charge in [0.15, 0.2) is 0 Å². The van der Waals surface area contributed by atoms with E-state index in [1.165, 1.54) is 6.08 Å². The maximum atomic E-state index is 13.5. The van der Waals surface area contributed by atoms with Gasteiger partial charge in [-0.1, -0.05) is 26.3 Å². The summed E-state index contributed by atoms with van der Waals surface area (Å²) in [5.74, 6) is 0.777. The quantitative estimate of drug-likeness (QED) is 0.315. The van der Waals surface area contributed by atoms with Crippen LogP contribution < -0.4 is 10.6 Å². The van der Waals surface area contributed by atoms with E-state index in [2.05, 4.69) is 30.4 Å². The summed E-state index contributed by atoms with van der Waals surface area (Å²) in [6, 6.07) is 2.11. The van der Waals surface area contributed by atoms with Gasteiger partial charge in [-0.2, -0.15) is 0 Å². The minimum Gasteiger partial charge on any atom is -0.354 e. The highest BCUT2D eigenvalue weighted by atomic mass is 19.1. The Morgan fingerprint density at radius 3 is 2.48 bits per heavy atom. The van der Waals surface area contributed by atoms with E-state index in [-0.39, 0.29) is 12.0 Å². The number of terminal acetylenes is 1. The molecule has 0 aliphatic carbocycles. The Morgan fingerprint density at radius 2 is 1.86 bits per heavy atom. The Labute approximate surface area is 172 Å². The molecule has 0 fully saturated rings. The first-order valence-electron chi connectivity index (χ1n) is 9.95. The van der Waals surface area contributed by atoms with Gasteiger partial charge in [0.05, 0.1) is 0 Å². The fourth-order valence-corrected chi connectivity index (χ4v) is 2.75. The number of unbranched alkanes of at least 4 members (excludes halogenated alkanes) is 2. The summed E-state index contributed by atoms with van der Waals surface area (Å²) < 4.78 is 26.9. The average molecular weight is 405 g/mol. The lowest BCUT2D eigenvalue weighted by Gasteiger charge is -2.18. The molecule has 1 atom stereocenters. The molecule has 2 N–H and O–H groups in total. The van der Waals surface area contributed by atoms with Gasteiger partial charge in [-0.3, -0.25) is 9.59 Å². The molecule has 0 bridgehead atoms. The van der Waals surface area contributed by atoms with Crippen LogP contribution in [0.25, 0.3) is 0 Å². The molecule has 2 amide bonds. The predicted molar refractivity (Wildman–Crippen MR) is 111 cm³/mol. The van der Waals surface area contributed by atoms with Crippen LogP contribution in [0, 0.1) is 29.9 Å². The lowest BCUT2D eigenvalue weighted by atomic mass is 10.0. The summed E-state index contributed by atoms with van der Waals surface area (Å²) in [7, 11) is 0. The van der Waals surface area contributed by atoms with Crippen molar-refractivity contribution in [1.82, 2.24) is 10.6 Å². The first-order chi connectivity index (χ1) is 13.8. The maximum Gasteiger partial charge on any atom is 0.244 e. The molecular weight excluding hydrogens is 374 g/mol. The summed E-state index contributed by atoms with van der Waals surface area (Å²) in [6.07, 6.45) is 12.3. The van der Waals surface area contributed by atoms with Crippen molar-refractivity contribution in [2.45, 2.75) is 58.4 Å². The lowest BCUT2D eigenvalue weighted by Crippen LogP contribution is -2.47. The van der Waals surface area contributed by atoms with Gasteiger partial charge in [-0.25, -0.2) is 8.78 Å². The summed E-state index contributed by atoms with van der Waals surface area (Å²) >= 11 is 0. The van der Waals surface area contributed by atoms with Crippen LogP contribution in [-0.2, 0) is 16.0 Å². The molecule has 0 saturated heterocycles. The number of nitrogens with one attached hydrogen (secondary N) is 2. The largest absolute Gasteiger partial charge is 0.354 e. The van der Waals surface area contributed by atoms with E-state index in [0.29, 0.717) is 25.3 Å². The van der Waals surface area contributed by atoms with E-state index >= 15 is 0 Å². The molecule has 0 saturated carbocycles. The molecule has 29 heavy (non-hydrogen) atoms. The SMILES string of the molecule is C#CCCCNC(=O)[C@H](Cc1cc(F)cc(F)c1)NC(=O)/C=C/CCCC(C)C. The van der Waals surface area contributed by atoms with Gasteiger partial charge in [-0.15, -0.1) is 12.3 Å². The van der Waals surface area contributed by atoms with Crippen LogP contribution in [0.4, 0.5) is 8.78 Å². The van der Waals surface area contributed by atoms with Crippen molar-refractivity contribution in [2.75, 3.05) is 6.54 Å². The molecule has 158 valence electrons. The van der Waals surface area contributed by atoms with Gasteiger partial charge in [0.1, 0.15) is 17.7 Å². The molecule has 0 radical (unpaired) electrons. The zero-order valence-electron chi connectivity index (χ0n) is 17.1. The standard InChI is InChI=1S/C23H30F2N2O2/c1-4-5-9-12-26-23(29)21(15-18-13-19(24)16-20(25)14-18)27-22(28)11-8-6-7-10-17(2)3/h1,8,11,13-14,16-17,21H,5-7,9-10,12,15H2,2-3H3,(H,26,29)(H,27,28)/b11-8+/t21-/m0/s1. The lowest BCUT2D eigenvalue weighted by molar-refractivity contribution is -0.127. The van der Waals surface area contributed by atoms with Gasteiger partial charge in [0, 0.05) is 25.5 Å². The summed E-state index contributed by atoms with van der Waals surface area (Å²) in [6.45, 7) is 4.63. The van der Waals surface area contributed by atoms with Gasteiger partial charge in [-0.05, 0) is 49.0 Å². The molecule has 0 aliphatic rings. The van der Waals surface area contributed by atoms with E-state index in [4.69, 9.17) is 6.42 Å². The topological polar surface area (TPSA) is 58.2 Å². The molecular formula is C23H30F2N2O2. The first-order valence-corrected chi connectivity index (χ1v) is 9.95. The summed E-state index contributed by atoms with van der Waals surface area (Å²) in [5, 5.41) is 5.32. The Hall–Kier alpha value is -2.68. The third-order valence-electron chi connectivity index (χ3n) is 4.21. The van der Waals surface area contributed by atoms with E-state index in [1.54, 1.807) is 6.08 Å². The van der Waals surface area contributed by atoms with Crippen molar-refractivity contribution < 1.29 is 18.4 Å². The molecule has 0 heterocycles. The molecule has 1 rings (SSSR count). The van der Waals surface area contributed by atoms with Crippen molar-refractivity contribution in [2.24, 2.45) is 5.92 Å². The zero-order valence-corrected chi connectivity index (χ0v) is 17.1. The number of allylic oxidation sites excluding steroid dienone is 1. The van der Waals surface area contributed by atoms with Gasteiger partial charge >= 0.3 is 0 Å². The molecule has 0 aromatic heterocycles. The van der Waals surface area contributed by atoms with Crippen molar-refractivity contribution in [1.29, 1.82) is 0 Å². The normalized spacial score (nSPS) is 12.0. The third-order valence-corrected chi connectivity index (χ3v) is 4.21. The van der Waals surface area contributed by atoms with Crippen molar-refractivity contribution >= 4 is 11.8 Å². The van der Waals surface area contributed by atoms with Gasteiger partial charge in [0.2, 0.25) is 11.8 Å². The zero-order chi connectivity index (χ0) is 21.6. The summed E-state index contributed by atoms with van der Waals surface area (Å²) in [4.78, 5) is 24.7. The van der Waals surface area contributed by atoms with Crippen molar-refractivity contribution in [3.63, 3.8) is 0 Å². The fourth-order valence-electron chi connectivity index (χ4n) is 2.75. The van der Waals surface area contributed by atoms with Crippen LogP contribution in [0.1, 0.15) is 51.5 Å². The van der Waals surface area contributed by atoms with Crippen LogP contribution in [0.5, 0.6) is 0 Å². The van der Waals surface area contributed by atoms with E-state index < -0.39 is 29.5 Å². The average Bonchev–Trinajstić information content (AvgIpc) is 2.63. The smallest absolute Gasteiger partial charge is 0.244 e. The highest BCUT2D eigenvalue weighted by Gasteiger charge is 2.20. The van der Waals surface area contributed by atoms with Crippen molar-refractivity contribution in [3.8, 4) is 12.3 Å². The number of halogens is 2. The van der Waals surface area contributed by atoms with Crippen molar-refractivity contribution in [3.05, 3.63) is 47.5 Å². The second-order valence-electron chi connectivity index (χ2n) is 7.37. The summed E-state index contributed by atoms with van der Waals surface area (Å²) in [5.41, 5.74) is 0.285. The van der Waals surface area contributed by atoms with Crippen LogP contribution >= 0.6 is 0 Å². The minimum atomic E-state index is -0.949. The Morgan fingerprint density at radius 1 is 1.17 bits per heavy atom. The molecule has 4 nitrogen and oxygen atoms in total. The second-order valence-corrected chi connectivity index (χ2v) is 7.37. The Balaban J connectivity index is 2.73. The third kappa shape index (κ3) is 11.0. The van der Waals surface area contributed by atoms with E-state index in [1.807, 2.05) is 0 Å². The first kappa shape index (κ1) is 24.4. The maximum absolute atomic E-state index is 13.5. The number of rotatable bonds is 12. The number of benzene rings is 1. The minimum absolute atomic E-state index is 0.0252. The Bertz CT molecular complexity index is 719. The van der Waals surface area contributed by atoms with Crippen LogP contribution in [0.3, 0.4) is 0 Å². The van der Waals surface area contributed by atoms with Crippen LogP contribution in [0.2, 0.25) is 0 Å². The molecule has 0 aliphatic heterocycles. The molecule has 0 spiro atoms. The monoisotopic (exact) mass is 404 g/mol. The van der Waals surface area contributed by atoms with E-state index in [9.17, 15) is 18.4 Å². The number of amides is 2. The predicted octanol–water partition coefficient (Wildman–Crippen LogP) is 3.90. The van der Waals surface area contributed by atoms with E-state index in [0.717, 1.165) is 37.5 Å². The van der Waals surface area contributed by atoms with Crippen LogP contribution in [0.15, 0.2) is 30.4 Å². The highest BCUT2D eigenvalue weighted by molar-refractivity contribution is 5.93. The second kappa shape index (κ2) is 13.5. The molecule has 1 aromatic carbocycles. The number of hydrogen-bond acceptors (Lipinski definition) is 2. The number of carbonyl (C=O) groups is 2. The highest BCUT2D eigenvalue weighted by Crippen LogP contribution is 2.11. The van der Waals surface area contributed by atoms with Gasteiger partial charge < -0.3 is 10.6 Å². The van der Waals surface area contributed by atoms with Crippen LogP contribution in [-0.4, -0.2) is 24.4 Å². The fraction of sp³-hybridized carbons (Fsp3) is 0.478. The molecule has 0 unspecified atom stereocenters. The Kier molecular flexibility index (Phi) is 11.3. The molecule has 6 heteroatoms. The molecule has 1 aromatic rings.